The first-order chi connectivity index (χ1) is 14.1. The minimum Gasteiger partial charge on any atom is -0.475 e. The number of alkyl halides is 3. The summed E-state index contributed by atoms with van der Waals surface area (Å²) in [5, 5.41) is 7.12. The monoisotopic (exact) mass is 426 g/mol. The number of hydrogen-bond acceptors (Lipinski definition) is 7. The fourth-order valence-corrected chi connectivity index (χ4v) is 2.76. The Kier molecular flexibility index (Phi) is 7.61. The summed E-state index contributed by atoms with van der Waals surface area (Å²) in [7, 11) is 2.02. The summed E-state index contributed by atoms with van der Waals surface area (Å²) < 4.78 is 31.7. The van der Waals surface area contributed by atoms with Crippen LogP contribution in [0.25, 0.3) is 0 Å². The SMILES string of the molecule is CCN(C)c1ncnc2c1CCN(C(=O)c1cnccn1)CC2.O=C(O)C(F)(F)F. The van der Waals surface area contributed by atoms with E-state index in [2.05, 4.69) is 31.8 Å². The predicted octanol–water partition coefficient (Wildman–Crippen LogP) is 1.60. The summed E-state index contributed by atoms with van der Waals surface area (Å²) in [5.41, 5.74) is 2.56. The summed E-state index contributed by atoms with van der Waals surface area (Å²) >= 11 is 0. The summed E-state index contributed by atoms with van der Waals surface area (Å²) in [6.07, 6.45) is 2.63. The summed E-state index contributed by atoms with van der Waals surface area (Å²) in [5.74, 6) is -1.87. The fraction of sp³-hybridized carbons (Fsp3) is 0.444. The average molecular weight is 426 g/mol. The molecule has 1 aliphatic rings. The van der Waals surface area contributed by atoms with Crippen LogP contribution in [0.5, 0.6) is 0 Å². The van der Waals surface area contributed by atoms with E-state index >= 15 is 0 Å². The summed E-state index contributed by atoms with van der Waals surface area (Å²) in [4.78, 5) is 42.3. The van der Waals surface area contributed by atoms with Crippen LogP contribution in [0.15, 0.2) is 24.9 Å². The Morgan fingerprint density at radius 2 is 1.83 bits per heavy atom. The Morgan fingerprint density at radius 3 is 2.40 bits per heavy atom. The van der Waals surface area contributed by atoms with Crippen LogP contribution in [-0.4, -0.2) is 74.7 Å². The molecule has 9 nitrogen and oxygen atoms in total. The number of nitrogens with zero attached hydrogens (tertiary/aromatic N) is 6. The van der Waals surface area contributed by atoms with Gasteiger partial charge in [-0.15, -0.1) is 0 Å². The lowest BCUT2D eigenvalue weighted by Gasteiger charge is -2.20. The molecule has 30 heavy (non-hydrogen) atoms. The van der Waals surface area contributed by atoms with Crippen LogP contribution in [0.1, 0.15) is 28.7 Å². The molecule has 12 heteroatoms. The molecule has 2 aromatic rings. The van der Waals surface area contributed by atoms with Crippen LogP contribution in [-0.2, 0) is 17.6 Å². The highest BCUT2D eigenvalue weighted by molar-refractivity contribution is 5.92. The number of halogens is 3. The van der Waals surface area contributed by atoms with Crippen molar-refractivity contribution in [1.29, 1.82) is 0 Å². The zero-order chi connectivity index (χ0) is 22.3. The van der Waals surface area contributed by atoms with E-state index in [1.54, 1.807) is 18.7 Å². The molecular formula is C18H21F3N6O3. The second-order valence-electron chi connectivity index (χ2n) is 6.32. The zero-order valence-electron chi connectivity index (χ0n) is 16.4. The Morgan fingerprint density at radius 1 is 1.17 bits per heavy atom. The van der Waals surface area contributed by atoms with E-state index in [9.17, 15) is 18.0 Å². The number of carboxylic acid groups (broad SMARTS) is 1. The molecule has 3 heterocycles. The molecule has 0 radical (unpaired) electrons. The van der Waals surface area contributed by atoms with Crippen LogP contribution >= 0.6 is 0 Å². The van der Waals surface area contributed by atoms with Crippen LogP contribution in [0.4, 0.5) is 19.0 Å². The standard InChI is InChI=1S/C16H20N6O.C2HF3O2/c1-3-21(2)15-12-4-8-22(9-5-13(12)19-11-20-15)16(23)14-10-17-6-7-18-14;3-2(4,5)1(6)7/h6-7,10-11H,3-5,8-9H2,1-2H3;(H,6,7). The highest BCUT2D eigenvalue weighted by Gasteiger charge is 2.38. The molecule has 0 bridgehead atoms. The number of fused-ring (bicyclic) bond motifs is 1. The smallest absolute Gasteiger partial charge is 0.475 e. The molecule has 3 rings (SSSR count). The lowest BCUT2D eigenvalue weighted by molar-refractivity contribution is -0.192. The van der Waals surface area contributed by atoms with Crippen molar-refractivity contribution in [3.8, 4) is 0 Å². The van der Waals surface area contributed by atoms with Gasteiger partial charge in [0.2, 0.25) is 0 Å². The quantitative estimate of drug-likeness (QED) is 0.788. The summed E-state index contributed by atoms with van der Waals surface area (Å²) in [6, 6.07) is 0. The minimum absolute atomic E-state index is 0.0794. The first kappa shape index (κ1) is 23.0. The van der Waals surface area contributed by atoms with Crippen molar-refractivity contribution in [3.63, 3.8) is 0 Å². The van der Waals surface area contributed by atoms with Crippen molar-refractivity contribution >= 4 is 17.7 Å². The van der Waals surface area contributed by atoms with Gasteiger partial charge in [-0.1, -0.05) is 0 Å². The van der Waals surface area contributed by atoms with Gasteiger partial charge in [0, 0.05) is 51.1 Å². The van der Waals surface area contributed by atoms with Crippen molar-refractivity contribution < 1.29 is 27.9 Å². The van der Waals surface area contributed by atoms with Gasteiger partial charge < -0.3 is 14.9 Å². The predicted molar refractivity (Wildman–Crippen MR) is 100 cm³/mol. The van der Waals surface area contributed by atoms with Crippen molar-refractivity contribution in [1.82, 2.24) is 24.8 Å². The van der Waals surface area contributed by atoms with Crippen LogP contribution < -0.4 is 4.90 Å². The van der Waals surface area contributed by atoms with E-state index in [4.69, 9.17) is 9.90 Å². The van der Waals surface area contributed by atoms with Gasteiger partial charge in [0.25, 0.3) is 5.91 Å². The maximum absolute atomic E-state index is 12.6. The van der Waals surface area contributed by atoms with Crippen molar-refractivity contribution in [2.24, 2.45) is 0 Å². The van der Waals surface area contributed by atoms with Crippen LogP contribution in [0.3, 0.4) is 0 Å². The normalized spacial score (nSPS) is 13.4. The molecule has 0 unspecified atom stereocenters. The molecule has 1 N–H and O–H groups in total. The Balaban J connectivity index is 0.000000396. The largest absolute Gasteiger partial charge is 0.490 e. The minimum atomic E-state index is -5.08. The lowest BCUT2D eigenvalue weighted by atomic mass is 10.1. The number of carbonyl (C=O) groups excluding carboxylic acids is 1. The van der Waals surface area contributed by atoms with Crippen molar-refractivity contribution in [3.05, 3.63) is 41.9 Å². The van der Waals surface area contributed by atoms with E-state index in [1.165, 1.54) is 6.20 Å². The number of amides is 1. The van der Waals surface area contributed by atoms with E-state index in [1.807, 2.05) is 11.9 Å². The molecule has 0 aromatic carbocycles. The molecule has 0 fully saturated rings. The van der Waals surface area contributed by atoms with Gasteiger partial charge in [0.1, 0.15) is 17.8 Å². The molecular weight excluding hydrogens is 405 g/mol. The molecule has 0 aliphatic carbocycles. The number of rotatable bonds is 3. The fourth-order valence-electron chi connectivity index (χ4n) is 2.76. The Labute approximate surface area is 170 Å². The third-order valence-electron chi connectivity index (χ3n) is 4.41. The highest BCUT2D eigenvalue weighted by atomic mass is 19.4. The van der Waals surface area contributed by atoms with Gasteiger partial charge in [-0.3, -0.25) is 9.78 Å². The van der Waals surface area contributed by atoms with Crippen molar-refractivity contribution in [2.45, 2.75) is 25.9 Å². The zero-order valence-corrected chi connectivity index (χ0v) is 16.4. The van der Waals surface area contributed by atoms with Crippen LogP contribution in [0.2, 0.25) is 0 Å². The third-order valence-corrected chi connectivity index (χ3v) is 4.41. The number of hydrogen-bond donors (Lipinski definition) is 1. The first-order valence-electron chi connectivity index (χ1n) is 9.04. The van der Waals surface area contributed by atoms with E-state index in [0.29, 0.717) is 18.8 Å². The molecule has 1 amide bonds. The van der Waals surface area contributed by atoms with E-state index in [0.717, 1.165) is 36.5 Å². The average Bonchev–Trinajstić information content (AvgIpc) is 2.95. The first-order valence-corrected chi connectivity index (χ1v) is 9.04. The number of carboxylic acids is 1. The van der Waals surface area contributed by atoms with E-state index in [-0.39, 0.29) is 5.91 Å². The van der Waals surface area contributed by atoms with Crippen molar-refractivity contribution in [2.75, 3.05) is 31.6 Å². The van der Waals surface area contributed by atoms with E-state index < -0.39 is 12.1 Å². The topological polar surface area (TPSA) is 112 Å². The van der Waals surface area contributed by atoms with Gasteiger partial charge in [-0.25, -0.2) is 19.7 Å². The number of aliphatic carboxylic acids is 1. The second-order valence-corrected chi connectivity index (χ2v) is 6.32. The number of carbonyl (C=O) groups is 2. The molecule has 0 saturated heterocycles. The summed E-state index contributed by atoms with van der Waals surface area (Å²) in [6.45, 7) is 4.25. The van der Waals surface area contributed by atoms with Gasteiger partial charge in [0.15, 0.2) is 0 Å². The number of aromatic nitrogens is 4. The second kappa shape index (κ2) is 9.94. The van der Waals surface area contributed by atoms with Gasteiger partial charge in [-0.05, 0) is 13.3 Å². The van der Waals surface area contributed by atoms with Gasteiger partial charge in [-0.2, -0.15) is 13.2 Å². The Bertz CT molecular complexity index is 879. The number of anilines is 1. The maximum Gasteiger partial charge on any atom is 0.490 e. The van der Waals surface area contributed by atoms with Gasteiger partial charge >= 0.3 is 12.1 Å². The molecule has 2 aromatic heterocycles. The molecule has 0 saturated carbocycles. The molecule has 162 valence electrons. The van der Waals surface area contributed by atoms with Crippen LogP contribution in [0, 0.1) is 0 Å². The van der Waals surface area contributed by atoms with Gasteiger partial charge in [0.05, 0.1) is 11.9 Å². The Hall–Kier alpha value is -3.31. The third kappa shape index (κ3) is 5.84. The maximum atomic E-state index is 12.6. The lowest BCUT2D eigenvalue weighted by Crippen LogP contribution is -2.34. The molecule has 1 aliphatic heterocycles. The molecule has 0 spiro atoms. The highest BCUT2D eigenvalue weighted by Crippen LogP contribution is 2.23. The molecule has 0 atom stereocenters.